The Balaban J connectivity index is 2.03. The van der Waals surface area contributed by atoms with Crippen LogP contribution in [-0.4, -0.2) is 35.1 Å². The van der Waals surface area contributed by atoms with Crippen LogP contribution < -0.4 is 0 Å². The van der Waals surface area contributed by atoms with Crippen molar-refractivity contribution in [1.82, 2.24) is 4.90 Å². The quantitative estimate of drug-likeness (QED) is 0.871. The Hall–Kier alpha value is -1.29. The molecule has 0 aromatic carbocycles. The molecule has 1 aliphatic rings. The van der Waals surface area contributed by atoms with Gasteiger partial charge in [-0.05, 0) is 38.7 Å². The van der Waals surface area contributed by atoms with Crippen molar-refractivity contribution >= 4 is 5.91 Å². The molecule has 0 saturated carbocycles. The number of hydrogen-bond donors (Lipinski definition) is 1. The summed E-state index contributed by atoms with van der Waals surface area (Å²) in [4.78, 5) is 14.2. The lowest BCUT2D eigenvalue weighted by molar-refractivity contribution is 0.0723. The number of aliphatic hydroxyl groups excluding tert-OH is 1. The summed E-state index contributed by atoms with van der Waals surface area (Å²) in [6.07, 6.45) is 5.28. The van der Waals surface area contributed by atoms with Gasteiger partial charge in [-0.15, -0.1) is 0 Å². The molecule has 4 nitrogen and oxygen atoms in total. The fraction of sp³-hybridized carbons (Fsp3) is 0.615. The van der Waals surface area contributed by atoms with Crippen LogP contribution in [0.2, 0.25) is 0 Å². The second-order valence-electron chi connectivity index (χ2n) is 4.61. The third-order valence-corrected chi connectivity index (χ3v) is 3.31. The smallest absolute Gasteiger partial charge is 0.257 e. The highest BCUT2D eigenvalue weighted by atomic mass is 16.3. The van der Waals surface area contributed by atoms with Gasteiger partial charge in [-0.1, -0.05) is 0 Å². The molecule has 1 aliphatic heterocycles. The van der Waals surface area contributed by atoms with E-state index in [1.54, 1.807) is 6.07 Å². The number of amides is 1. The zero-order valence-electron chi connectivity index (χ0n) is 10.2. The van der Waals surface area contributed by atoms with Gasteiger partial charge in [-0.3, -0.25) is 4.79 Å². The molecule has 17 heavy (non-hydrogen) atoms. The van der Waals surface area contributed by atoms with Crippen LogP contribution in [0.25, 0.3) is 0 Å². The van der Waals surface area contributed by atoms with E-state index in [2.05, 4.69) is 0 Å². The molecule has 1 amide bonds. The van der Waals surface area contributed by atoms with E-state index in [4.69, 9.17) is 9.52 Å². The van der Waals surface area contributed by atoms with Crippen molar-refractivity contribution in [2.75, 3.05) is 13.2 Å². The van der Waals surface area contributed by atoms with Gasteiger partial charge in [0.15, 0.2) is 0 Å². The van der Waals surface area contributed by atoms with Crippen LogP contribution in [0.4, 0.5) is 0 Å². The standard InChI is InChI=1S/C13H19NO3/c1-10-8-11(9-17-10)13(16)14-6-2-4-12(14)5-3-7-15/h8-9,12,15H,2-7H2,1H3. The molecule has 0 bridgehead atoms. The number of hydrogen-bond acceptors (Lipinski definition) is 3. The van der Waals surface area contributed by atoms with Crippen LogP contribution in [0.15, 0.2) is 16.7 Å². The van der Waals surface area contributed by atoms with Gasteiger partial charge in [0, 0.05) is 19.2 Å². The zero-order chi connectivity index (χ0) is 12.3. The summed E-state index contributed by atoms with van der Waals surface area (Å²) in [5.74, 6) is 0.821. The second kappa shape index (κ2) is 5.36. The molecule has 4 heteroatoms. The molecule has 1 unspecified atom stereocenters. The zero-order valence-corrected chi connectivity index (χ0v) is 10.2. The maximum atomic E-state index is 12.2. The third kappa shape index (κ3) is 2.69. The topological polar surface area (TPSA) is 53.7 Å². The van der Waals surface area contributed by atoms with Gasteiger partial charge >= 0.3 is 0 Å². The molecule has 1 aromatic rings. The highest BCUT2D eigenvalue weighted by Crippen LogP contribution is 2.24. The Morgan fingerprint density at radius 1 is 1.65 bits per heavy atom. The first-order valence-electron chi connectivity index (χ1n) is 6.19. The van der Waals surface area contributed by atoms with Crippen molar-refractivity contribution in [2.45, 2.75) is 38.6 Å². The molecule has 1 aromatic heterocycles. The number of nitrogens with zero attached hydrogens (tertiary/aromatic N) is 1. The van der Waals surface area contributed by atoms with E-state index in [1.165, 1.54) is 6.26 Å². The number of aryl methyl sites for hydroxylation is 1. The number of furan rings is 1. The van der Waals surface area contributed by atoms with Crippen LogP contribution in [-0.2, 0) is 0 Å². The Labute approximate surface area is 101 Å². The summed E-state index contributed by atoms with van der Waals surface area (Å²) < 4.78 is 5.17. The van der Waals surface area contributed by atoms with E-state index in [0.29, 0.717) is 5.56 Å². The van der Waals surface area contributed by atoms with Crippen molar-refractivity contribution in [3.05, 3.63) is 23.7 Å². The Morgan fingerprint density at radius 3 is 3.12 bits per heavy atom. The first kappa shape index (κ1) is 12.2. The van der Waals surface area contributed by atoms with Crippen molar-refractivity contribution in [2.24, 2.45) is 0 Å². The predicted octanol–water partition coefficient (Wildman–Crippen LogP) is 1.97. The summed E-state index contributed by atoms with van der Waals surface area (Å²) in [6, 6.07) is 2.06. The lowest BCUT2D eigenvalue weighted by atomic mass is 10.1. The monoisotopic (exact) mass is 237 g/mol. The van der Waals surface area contributed by atoms with Gasteiger partial charge in [0.1, 0.15) is 12.0 Å². The maximum absolute atomic E-state index is 12.2. The van der Waals surface area contributed by atoms with E-state index >= 15 is 0 Å². The average molecular weight is 237 g/mol. The van der Waals surface area contributed by atoms with E-state index in [-0.39, 0.29) is 18.6 Å². The average Bonchev–Trinajstić information content (AvgIpc) is 2.94. The Kier molecular flexibility index (Phi) is 3.84. The number of likely N-dealkylation sites (tertiary alicyclic amines) is 1. The van der Waals surface area contributed by atoms with E-state index < -0.39 is 0 Å². The largest absolute Gasteiger partial charge is 0.469 e. The molecule has 94 valence electrons. The molecular weight excluding hydrogens is 218 g/mol. The minimum Gasteiger partial charge on any atom is -0.469 e. The SMILES string of the molecule is Cc1cc(C(=O)N2CCCC2CCCO)co1. The van der Waals surface area contributed by atoms with E-state index in [9.17, 15) is 4.79 Å². The van der Waals surface area contributed by atoms with Gasteiger partial charge in [-0.25, -0.2) is 0 Å². The van der Waals surface area contributed by atoms with Gasteiger partial charge < -0.3 is 14.4 Å². The van der Waals surface area contributed by atoms with Crippen molar-refractivity contribution < 1.29 is 14.3 Å². The number of aliphatic hydroxyl groups is 1. The highest BCUT2D eigenvalue weighted by molar-refractivity contribution is 5.94. The first-order valence-corrected chi connectivity index (χ1v) is 6.19. The van der Waals surface area contributed by atoms with Gasteiger partial charge in [0.25, 0.3) is 5.91 Å². The van der Waals surface area contributed by atoms with E-state index in [1.807, 2.05) is 11.8 Å². The minimum absolute atomic E-state index is 0.0577. The van der Waals surface area contributed by atoms with E-state index in [0.717, 1.165) is 38.0 Å². The molecule has 1 saturated heterocycles. The minimum atomic E-state index is 0.0577. The molecule has 0 aliphatic carbocycles. The van der Waals surface area contributed by atoms with Crippen LogP contribution in [0, 0.1) is 6.92 Å². The summed E-state index contributed by atoms with van der Waals surface area (Å²) in [5.41, 5.74) is 0.637. The summed E-state index contributed by atoms with van der Waals surface area (Å²) in [7, 11) is 0. The van der Waals surface area contributed by atoms with Crippen LogP contribution in [0.1, 0.15) is 41.8 Å². The summed E-state index contributed by atoms with van der Waals surface area (Å²) >= 11 is 0. The normalized spacial score (nSPS) is 19.9. The Bertz CT molecular complexity index is 386. The number of carbonyl (C=O) groups is 1. The lowest BCUT2D eigenvalue weighted by Gasteiger charge is -2.23. The molecule has 2 heterocycles. The molecule has 1 fully saturated rings. The molecular formula is C13H19NO3. The Morgan fingerprint density at radius 2 is 2.47 bits per heavy atom. The molecule has 1 N–H and O–H groups in total. The summed E-state index contributed by atoms with van der Waals surface area (Å²) in [6.45, 7) is 2.85. The van der Waals surface area contributed by atoms with Crippen molar-refractivity contribution in [1.29, 1.82) is 0 Å². The molecule has 2 rings (SSSR count). The molecule has 0 spiro atoms. The fourth-order valence-electron chi connectivity index (χ4n) is 2.45. The number of rotatable bonds is 4. The fourth-order valence-corrected chi connectivity index (χ4v) is 2.45. The number of carbonyl (C=O) groups excluding carboxylic acids is 1. The molecule has 0 radical (unpaired) electrons. The van der Waals surface area contributed by atoms with Gasteiger partial charge in [0.05, 0.1) is 5.56 Å². The van der Waals surface area contributed by atoms with Crippen molar-refractivity contribution in [3.8, 4) is 0 Å². The van der Waals surface area contributed by atoms with Crippen molar-refractivity contribution in [3.63, 3.8) is 0 Å². The maximum Gasteiger partial charge on any atom is 0.257 e. The lowest BCUT2D eigenvalue weighted by Crippen LogP contribution is -2.35. The third-order valence-electron chi connectivity index (χ3n) is 3.31. The van der Waals surface area contributed by atoms with Gasteiger partial charge in [-0.2, -0.15) is 0 Å². The summed E-state index contributed by atoms with van der Waals surface area (Å²) in [5, 5.41) is 8.85. The van der Waals surface area contributed by atoms with Crippen LogP contribution in [0.3, 0.4) is 0 Å². The van der Waals surface area contributed by atoms with Crippen LogP contribution >= 0.6 is 0 Å². The molecule has 1 atom stereocenters. The first-order chi connectivity index (χ1) is 8.22. The second-order valence-corrected chi connectivity index (χ2v) is 4.61. The van der Waals surface area contributed by atoms with Gasteiger partial charge in [0.2, 0.25) is 0 Å². The van der Waals surface area contributed by atoms with Crippen LogP contribution in [0.5, 0.6) is 0 Å². The predicted molar refractivity (Wildman–Crippen MR) is 63.8 cm³/mol. The highest BCUT2D eigenvalue weighted by Gasteiger charge is 2.29.